The van der Waals surface area contributed by atoms with E-state index in [0.29, 0.717) is 0 Å². The van der Waals surface area contributed by atoms with Crippen LogP contribution in [-0.2, 0) is 5.92 Å². The van der Waals surface area contributed by atoms with Crippen LogP contribution in [0.1, 0.15) is 15.9 Å². The molecule has 0 aromatic heterocycles. The predicted molar refractivity (Wildman–Crippen MR) is 63.0 cm³/mol. The molecule has 1 aromatic rings. The molecule has 1 rings (SSSR count). The Morgan fingerprint density at radius 3 is 1.22 bits per heavy atom. The van der Waals surface area contributed by atoms with Gasteiger partial charge in [-0.15, -0.1) is 0 Å². The number of halogens is 17. The summed E-state index contributed by atoms with van der Waals surface area (Å²) < 4.78 is 223. The van der Waals surface area contributed by atoms with Crippen molar-refractivity contribution < 1.29 is 84.5 Å². The molecule has 0 aliphatic rings. The largest absolute Gasteiger partial charge is 0.478 e. The molecule has 0 aliphatic heterocycles. The van der Waals surface area contributed by atoms with Gasteiger partial charge in [0.25, 0.3) is 0 Å². The summed E-state index contributed by atoms with van der Waals surface area (Å²) in [6, 6.07) is 0. The molecule has 1 aromatic carbocycles. The maximum absolute atomic E-state index is 14.0. The maximum atomic E-state index is 14.0. The van der Waals surface area contributed by atoms with Crippen LogP contribution < -0.4 is 0 Å². The minimum atomic E-state index is -8.51. The Morgan fingerprint density at radius 1 is 0.531 bits per heavy atom. The second-order valence-corrected chi connectivity index (χ2v) is 5.68. The Morgan fingerprint density at radius 2 is 0.875 bits per heavy atom. The van der Waals surface area contributed by atoms with Crippen LogP contribution in [0.5, 0.6) is 0 Å². The molecule has 1 N–H and O–H groups in total. The van der Waals surface area contributed by atoms with E-state index in [1.165, 1.54) is 0 Å². The van der Waals surface area contributed by atoms with Crippen LogP contribution in [0.4, 0.5) is 74.6 Å². The highest BCUT2D eigenvalue weighted by molar-refractivity contribution is 5.90. The number of alkyl halides is 13. The summed E-state index contributed by atoms with van der Waals surface area (Å²) in [4.78, 5) is 10.7. The normalized spacial score (nSPS) is 14.7. The van der Waals surface area contributed by atoms with Crippen LogP contribution in [-0.4, -0.2) is 40.9 Å². The molecule has 0 fully saturated rings. The first-order chi connectivity index (χ1) is 13.8. The molecule has 0 saturated carbocycles. The topological polar surface area (TPSA) is 37.3 Å². The minimum absolute atomic E-state index is 3.30. The zero-order valence-corrected chi connectivity index (χ0v) is 13.8. The van der Waals surface area contributed by atoms with Crippen LogP contribution in [0.3, 0.4) is 0 Å². The molecule has 0 spiro atoms. The molecule has 0 heterocycles. The number of carboxylic acids is 1. The monoisotopic (exact) mass is 512 g/mol. The minimum Gasteiger partial charge on any atom is -0.478 e. The Hall–Kier alpha value is -2.50. The standard InChI is InChI=1S/C13HF17O2/c14-3-1(7(31)32)2(4(15)6(17)5(3)16)8(18,19)9(20,21)10(22,23)11(24,25)12(26,27)13(28,29)30/h(H,31,32). The van der Waals surface area contributed by atoms with Crippen molar-refractivity contribution in [2.75, 3.05) is 0 Å². The SMILES string of the molecule is O=C(O)c1c(F)c(F)c(F)c(F)c1C(F)(F)C(F)(F)C(F)(F)C(F)(F)C(F)(F)C(F)(F)F. The first kappa shape index (κ1) is 27.5. The summed E-state index contributed by atoms with van der Waals surface area (Å²) in [6.45, 7) is 0. The number of carboxylic acid groups (broad SMARTS) is 1. The molecule has 0 saturated heterocycles. The third-order valence-electron chi connectivity index (χ3n) is 3.73. The van der Waals surface area contributed by atoms with Gasteiger partial charge in [0, 0.05) is 0 Å². The second kappa shape index (κ2) is 7.26. The first-order valence-electron chi connectivity index (χ1n) is 6.89. The first-order valence-corrected chi connectivity index (χ1v) is 6.89. The third-order valence-corrected chi connectivity index (χ3v) is 3.73. The highest BCUT2D eigenvalue weighted by atomic mass is 19.4. The molecular weight excluding hydrogens is 511 g/mol. The van der Waals surface area contributed by atoms with Crippen molar-refractivity contribution in [3.8, 4) is 0 Å². The van der Waals surface area contributed by atoms with Gasteiger partial charge in [-0.3, -0.25) is 0 Å². The number of hydrogen-bond acceptors (Lipinski definition) is 1. The zero-order chi connectivity index (χ0) is 26.0. The van der Waals surface area contributed by atoms with Crippen molar-refractivity contribution in [1.82, 2.24) is 0 Å². The molecular formula is C13HF17O2. The van der Waals surface area contributed by atoms with Crippen molar-refractivity contribution in [3.05, 3.63) is 34.4 Å². The Balaban J connectivity index is 4.03. The molecule has 0 aliphatic carbocycles. The van der Waals surface area contributed by atoms with Crippen LogP contribution in [0.2, 0.25) is 0 Å². The average Bonchev–Trinajstić information content (AvgIpc) is 2.60. The van der Waals surface area contributed by atoms with Gasteiger partial charge in [0.2, 0.25) is 0 Å². The van der Waals surface area contributed by atoms with Crippen molar-refractivity contribution in [2.24, 2.45) is 0 Å². The lowest BCUT2D eigenvalue weighted by molar-refractivity contribution is -0.441. The average molecular weight is 512 g/mol. The van der Waals surface area contributed by atoms with Gasteiger partial charge >= 0.3 is 41.8 Å². The molecule has 0 bridgehead atoms. The summed E-state index contributed by atoms with van der Waals surface area (Å²) in [5, 5.41) is 8.44. The summed E-state index contributed by atoms with van der Waals surface area (Å²) >= 11 is 0. The van der Waals surface area contributed by atoms with E-state index in [4.69, 9.17) is 5.11 Å². The number of aromatic carboxylic acids is 1. The van der Waals surface area contributed by atoms with Crippen LogP contribution >= 0.6 is 0 Å². The van der Waals surface area contributed by atoms with Gasteiger partial charge < -0.3 is 5.11 Å². The van der Waals surface area contributed by atoms with Crippen LogP contribution in [0.25, 0.3) is 0 Å². The number of carbonyl (C=O) groups is 1. The molecule has 32 heavy (non-hydrogen) atoms. The predicted octanol–water partition coefficient (Wildman–Crippen LogP) is 6.14. The van der Waals surface area contributed by atoms with Crippen LogP contribution in [0, 0.1) is 23.3 Å². The van der Waals surface area contributed by atoms with Gasteiger partial charge in [0.05, 0.1) is 5.56 Å². The van der Waals surface area contributed by atoms with Crippen LogP contribution in [0.15, 0.2) is 0 Å². The lowest BCUT2D eigenvalue weighted by Crippen LogP contribution is -2.69. The Kier molecular flexibility index (Phi) is 6.24. The van der Waals surface area contributed by atoms with E-state index in [0.717, 1.165) is 0 Å². The molecule has 0 atom stereocenters. The second-order valence-electron chi connectivity index (χ2n) is 5.68. The fourth-order valence-electron chi connectivity index (χ4n) is 2.05. The molecule has 0 unspecified atom stereocenters. The molecule has 0 amide bonds. The highest BCUT2D eigenvalue weighted by Gasteiger charge is 2.91. The van der Waals surface area contributed by atoms with Gasteiger partial charge in [0.15, 0.2) is 23.3 Å². The smallest absolute Gasteiger partial charge is 0.460 e. The molecule has 0 radical (unpaired) electrons. The van der Waals surface area contributed by atoms with Gasteiger partial charge in [-0.2, -0.15) is 57.1 Å². The fraction of sp³-hybridized carbons (Fsp3) is 0.462. The van der Waals surface area contributed by atoms with E-state index >= 15 is 0 Å². The van der Waals surface area contributed by atoms with Gasteiger partial charge in [-0.05, 0) is 0 Å². The molecule has 2 nitrogen and oxygen atoms in total. The van der Waals surface area contributed by atoms with Gasteiger partial charge in [-0.25, -0.2) is 22.4 Å². The summed E-state index contributed by atoms with van der Waals surface area (Å²) in [7, 11) is 0. The fourth-order valence-corrected chi connectivity index (χ4v) is 2.05. The number of rotatable bonds is 6. The molecule has 19 heteroatoms. The molecule has 184 valence electrons. The summed E-state index contributed by atoms with van der Waals surface area (Å²) in [5.74, 6) is -58.7. The summed E-state index contributed by atoms with van der Waals surface area (Å²) in [6.07, 6.45) is -7.77. The zero-order valence-electron chi connectivity index (χ0n) is 13.8. The van der Waals surface area contributed by atoms with E-state index in [9.17, 15) is 79.4 Å². The van der Waals surface area contributed by atoms with Crippen molar-refractivity contribution in [2.45, 2.75) is 35.8 Å². The number of benzene rings is 1. The lowest BCUT2D eigenvalue weighted by atomic mass is 9.88. The van der Waals surface area contributed by atoms with E-state index in [2.05, 4.69) is 0 Å². The van der Waals surface area contributed by atoms with E-state index in [-0.39, 0.29) is 0 Å². The summed E-state index contributed by atoms with van der Waals surface area (Å²) in [5.41, 5.74) is -7.47. The van der Waals surface area contributed by atoms with E-state index in [1.54, 1.807) is 0 Å². The van der Waals surface area contributed by atoms with Crippen molar-refractivity contribution in [3.63, 3.8) is 0 Å². The van der Waals surface area contributed by atoms with Crippen molar-refractivity contribution >= 4 is 5.97 Å². The Labute approximate surface area is 162 Å². The quantitative estimate of drug-likeness (QED) is 0.283. The van der Waals surface area contributed by atoms with E-state index < -0.39 is 76.2 Å². The third kappa shape index (κ3) is 3.30. The number of hydrogen-bond donors (Lipinski definition) is 1. The lowest BCUT2D eigenvalue weighted by Gasteiger charge is -2.40. The van der Waals surface area contributed by atoms with Gasteiger partial charge in [0.1, 0.15) is 5.56 Å². The maximum Gasteiger partial charge on any atom is 0.460 e. The highest BCUT2D eigenvalue weighted by Crippen LogP contribution is 2.62. The van der Waals surface area contributed by atoms with E-state index in [1.807, 2.05) is 0 Å². The Bertz CT molecular complexity index is 930. The van der Waals surface area contributed by atoms with Gasteiger partial charge in [-0.1, -0.05) is 0 Å². The van der Waals surface area contributed by atoms with Crippen molar-refractivity contribution in [1.29, 1.82) is 0 Å².